The van der Waals surface area contributed by atoms with Gasteiger partial charge >= 0.3 is 0 Å². The van der Waals surface area contributed by atoms with Crippen LogP contribution >= 0.6 is 0 Å². The van der Waals surface area contributed by atoms with Crippen molar-refractivity contribution in [2.45, 2.75) is 20.8 Å². The lowest BCUT2D eigenvalue weighted by Gasteiger charge is -2.12. The van der Waals surface area contributed by atoms with Crippen molar-refractivity contribution >= 4 is 27.7 Å². The summed E-state index contributed by atoms with van der Waals surface area (Å²) in [5.41, 5.74) is 5.22. The lowest BCUT2D eigenvalue weighted by Crippen LogP contribution is -2.19. The minimum atomic E-state index is -0.138. The van der Waals surface area contributed by atoms with E-state index in [2.05, 4.69) is 5.10 Å². The molecule has 0 unspecified atom stereocenters. The first-order valence-electron chi connectivity index (χ1n) is 8.79. The number of hydrogen-bond donors (Lipinski definition) is 0. The summed E-state index contributed by atoms with van der Waals surface area (Å²) >= 11 is 0. The average Bonchev–Trinajstić information content (AvgIpc) is 3.05. The lowest BCUT2D eigenvalue weighted by atomic mass is 10.2. The Labute approximate surface area is 154 Å². The fourth-order valence-electron chi connectivity index (χ4n) is 3.53. The summed E-state index contributed by atoms with van der Waals surface area (Å²) in [6.07, 6.45) is 0. The zero-order valence-electron chi connectivity index (χ0n) is 15.3. The smallest absolute Gasteiger partial charge is 0.216 e. The second-order valence-electron chi connectivity index (χ2n) is 6.78. The van der Waals surface area contributed by atoms with Gasteiger partial charge in [-0.05, 0) is 45.0 Å². The van der Waals surface area contributed by atoms with Crippen LogP contribution in [0.1, 0.15) is 17.1 Å². The second-order valence-corrected chi connectivity index (χ2v) is 6.78. The van der Waals surface area contributed by atoms with E-state index in [0.717, 1.165) is 28.1 Å². The van der Waals surface area contributed by atoms with Crippen LogP contribution in [0.15, 0.2) is 53.3 Å². The highest BCUT2D eigenvalue weighted by Gasteiger charge is 2.18. The Hall–Kier alpha value is -3.54. The van der Waals surface area contributed by atoms with Gasteiger partial charge in [-0.25, -0.2) is 14.6 Å². The van der Waals surface area contributed by atoms with Crippen LogP contribution in [0.5, 0.6) is 0 Å². The van der Waals surface area contributed by atoms with Gasteiger partial charge < -0.3 is 0 Å². The largest absolute Gasteiger partial charge is 0.287 e. The van der Waals surface area contributed by atoms with E-state index in [-0.39, 0.29) is 5.43 Å². The van der Waals surface area contributed by atoms with Crippen LogP contribution in [0.4, 0.5) is 0 Å². The molecule has 2 aromatic carbocycles. The number of aryl methyl sites for hydroxylation is 3. The molecule has 0 spiro atoms. The van der Waals surface area contributed by atoms with Crippen molar-refractivity contribution in [2.75, 3.05) is 0 Å². The van der Waals surface area contributed by atoms with Crippen LogP contribution in [-0.4, -0.2) is 24.1 Å². The monoisotopic (exact) mass is 355 g/mol. The minimum absolute atomic E-state index is 0.138. The molecular weight excluding hydrogens is 338 g/mol. The van der Waals surface area contributed by atoms with Crippen molar-refractivity contribution in [2.24, 2.45) is 0 Å². The molecule has 0 amide bonds. The summed E-state index contributed by atoms with van der Waals surface area (Å²) in [5.74, 6) is 0.761. The second kappa shape index (κ2) is 5.48. The molecule has 5 rings (SSSR count). The first kappa shape index (κ1) is 15.7. The summed E-state index contributed by atoms with van der Waals surface area (Å²) in [5, 5.41) is 5.00. The number of rotatable bonds is 1. The van der Waals surface area contributed by atoms with Gasteiger partial charge in [0.05, 0.1) is 16.7 Å². The Morgan fingerprint density at radius 2 is 1.59 bits per heavy atom. The van der Waals surface area contributed by atoms with Gasteiger partial charge in [0, 0.05) is 0 Å². The van der Waals surface area contributed by atoms with Gasteiger partial charge in [-0.2, -0.15) is 5.10 Å². The molecule has 0 saturated carbocycles. The minimum Gasteiger partial charge on any atom is -0.287 e. The maximum Gasteiger partial charge on any atom is 0.216 e. The molecule has 132 valence electrons. The zero-order valence-corrected chi connectivity index (χ0v) is 15.3. The average molecular weight is 355 g/mol. The molecule has 0 fully saturated rings. The Kier molecular flexibility index (Phi) is 3.18. The van der Waals surface area contributed by atoms with Crippen LogP contribution in [0.2, 0.25) is 0 Å². The summed E-state index contributed by atoms with van der Waals surface area (Å²) in [6.45, 7) is 5.68. The number of para-hydroxylation sites is 2. The van der Waals surface area contributed by atoms with Crippen LogP contribution < -0.4 is 5.43 Å². The topological polar surface area (TPSA) is 65.1 Å². The molecule has 0 bridgehead atoms. The number of nitrogens with zero attached hydrogens (tertiary/aromatic N) is 5. The predicted molar refractivity (Wildman–Crippen MR) is 106 cm³/mol. The number of imidazole rings is 1. The summed E-state index contributed by atoms with van der Waals surface area (Å²) in [7, 11) is 0. The van der Waals surface area contributed by atoms with E-state index in [0.29, 0.717) is 22.4 Å². The van der Waals surface area contributed by atoms with E-state index in [1.807, 2.05) is 66.8 Å². The van der Waals surface area contributed by atoms with E-state index in [9.17, 15) is 4.79 Å². The Morgan fingerprint density at radius 1 is 0.852 bits per heavy atom. The number of benzene rings is 2. The van der Waals surface area contributed by atoms with Crippen LogP contribution in [-0.2, 0) is 0 Å². The third kappa shape index (κ3) is 2.19. The van der Waals surface area contributed by atoms with Gasteiger partial charge in [0.15, 0.2) is 11.3 Å². The molecule has 3 aromatic heterocycles. The third-order valence-electron chi connectivity index (χ3n) is 4.88. The fourth-order valence-corrected chi connectivity index (χ4v) is 3.53. The van der Waals surface area contributed by atoms with Crippen molar-refractivity contribution in [1.29, 1.82) is 0 Å². The van der Waals surface area contributed by atoms with Crippen LogP contribution in [0.25, 0.3) is 33.4 Å². The van der Waals surface area contributed by atoms with Gasteiger partial charge in [0.2, 0.25) is 5.43 Å². The van der Waals surface area contributed by atoms with Crippen molar-refractivity contribution in [3.63, 3.8) is 0 Å². The lowest BCUT2D eigenvalue weighted by molar-refractivity contribution is 0.827. The SMILES string of the molecule is Cc1ccc(-n2nc(C)c(=O)c3c2nc(C)n2c4ccccc4nc32)cc1. The van der Waals surface area contributed by atoms with Gasteiger partial charge in [0.1, 0.15) is 16.9 Å². The first-order valence-corrected chi connectivity index (χ1v) is 8.79. The molecule has 6 nitrogen and oxygen atoms in total. The number of fused-ring (bicyclic) bond motifs is 5. The van der Waals surface area contributed by atoms with Gasteiger partial charge in [-0.1, -0.05) is 29.8 Å². The Morgan fingerprint density at radius 3 is 2.37 bits per heavy atom. The molecule has 6 heteroatoms. The van der Waals surface area contributed by atoms with E-state index in [1.165, 1.54) is 0 Å². The third-order valence-corrected chi connectivity index (χ3v) is 4.88. The molecule has 0 aliphatic carbocycles. The van der Waals surface area contributed by atoms with Crippen LogP contribution in [0.3, 0.4) is 0 Å². The van der Waals surface area contributed by atoms with Crippen molar-refractivity contribution < 1.29 is 0 Å². The molecule has 3 heterocycles. The van der Waals surface area contributed by atoms with E-state index >= 15 is 0 Å². The highest BCUT2D eigenvalue weighted by Crippen LogP contribution is 2.24. The summed E-state index contributed by atoms with van der Waals surface area (Å²) in [6, 6.07) is 15.8. The number of hydrogen-bond acceptors (Lipinski definition) is 4. The van der Waals surface area contributed by atoms with Gasteiger partial charge in [-0.3, -0.25) is 9.20 Å². The molecule has 27 heavy (non-hydrogen) atoms. The van der Waals surface area contributed by atoms with E-state index in [1.54, 1.807) is 11.6 Å². The predicted octanol–water partition coefficient (Wildman–Crippen LogP) is 3.51. The maximum absolute atomic E-state index is 13.0. The zero-order chi connectivity index (χ0) is 18.7. The summed E-state index contributed by atoms with van der Waals surface area (Å²) in [4.78, 5) is 22.5. The maximum atomic E-state index is 13.0. The van der Waals surface area contributed by atoms with Gasteiger partial charge in [-0.15, -0.1) is 0 Å². The molecule has 0 aliphatic heterocycles. The molecule has 0 aliphatic rings. The normalized spacial score (nSPS) is 11.7. The summed E-state index contributed by atoms with van der Waals surface area (Å²) < 4.78 is 3.68. The van der Waals surface area contributed by atoms with Crippen molar-refractivity contribution in [3.05, 3.63) is 75.8 Å². The van der Waals surface area contributed by atoms with Crippen molar-refractivity contribution in [3.8, 4) is 5.69 Å². The molecular formula is C21H17N5O. The van der Waals surface area contributed by atoms with E-state index in [4.69, 9.17) is 9.97 Å². The van der Waals surface area contributed by atoms with Gasteiger partial charge in [0.25, 0.3) is 0 Å². The fraction of sp³-hybridized carbons (Fsp3) is 0.143. The quantitative estimate of drug-likeness (QED) is 0.462. The van der Waals surface area contributed by atoms with E-state index < -0.39 is 0 Å². The van der Waals surface area contributed by atoms with Crippen molar-refractivity contribution in [1.82, 2.24) is 24.1 Å². The molecule has 0 atom stereocenters. The molecule has 5 aromatic rings. The Bertz CT molecular complexity index is 1410. The molecule has 0 N–H and O–H groups in total. The highest BCUT2D eigenvalue weighted by atomic mass is 16.1. The molecule has 0 radical (unpaired) electrons. The standard InChI is InChI=1S/C21H17N5O/c1-12-8-10-15(11-9-12)26-21-18(19(27)13(2)24-26)20-23-16-6-4-5-7-17(16)25(20)14(3)22-21/h4-11H,1-3H3. The molecule has 0 saturated heterocycles. The Balaban J connectivity index is 2.01. The van der Waals surface area contributed by atoms with Crippen LogP contribution in [0, 0.1) is 20.8 Å². The first-order chi connectivity index (χ1) is 13.0. The highest BCUT2D eigenvalue weighted by molar-refractivity contribution is 5.95. The number of aromatic nitrogens is 5.